The molecule has 22 heavy (non-hydrogen) atoms. The van der Waals surface area contributed by atoms with E-state index in [0.717, 1.165) is 38.9 Å². The molecule has 4 nitrogen and oxygen atoms in total. The Morgan fingerprint density at radius 2 is 2.05 bits per heavy atom. The predicted octanol–water partition coefficient (Wildman–Crippen LogP) is 2.89. The predicted molar refractivity (Wildman–Crippen MR) is 80.3 cm³/mol. The van der Waals surface area contributed by atoms with Crippen molar-refractivity contribution in [1.82, 2.24) is 10.2 Å². The minimum Gasteiger partial charge on any atom is -0.434 e. The molecule has 0 aromatic heterocycles. The molecule has 6 heteroatoms. The summed E-state index contributed by atoms with van der Waals surface area (Å²) in [6.45, 7) is 2.19. The Bertz CT molecular complexity index is 489. The highest BCUT2D eigenvalue weighted by Gasteiger charge is 2.22. The maximum absolute atomic E-state index is 12.4. The monoisotopic (exact) mass is 312 g/mol. The Morgan fingerprint density at radius 3 is 2.68 bits per heavy atom. The second kappa shape index (κ2) is 8.08. The van der Waals surface area contributed by atoms with Gasteiger partial charge in [-0.3, -0.25) is 4.79 Å². The first-order chi connectivity index (χ1) is 10.6. The summed E-state index contributed by atoms with van der Waals surface area (Å²) in [5.74, 6) is -0.441. The van der Waals surface area contributed by atoms with Crippen LogP contribution in [0.4, 0.5) is 8.78 Å². The number of piperidine rings is 1. The third-order valence-electron chi connectivity index (χ3n) is 3.81. The van der Waals surface area contributed by atoms with Crippen LogP contribution in [0.5, 0.6) is 5.75 Å². The lowest BCUT2D eigenvalue weighted by atomic mass is 10.0. The lowest BCUT2D eigenvalue weighted by Crippen LogP contribution is -2.44. The van der Waals surface area contributed by atoms with E-state index in [2.05, 4.69) is 21.9 Å². The molecule has 1 aliphatic heterocycles. The van der Waals surface area contributed by atoms with Crippen molar-refractivity contribution in [2.75, 3.05) is 19.6 Å². The van der Waals surface area contributed by atoms with Crippen LogP contribution in [0.1, 0.15) is 36.5 Å². The molecule has 0 bridgehead atoms. The second-order valence-electron chi connectivity index (χ2n) is 5.46. The average Bonchev–Trinajstić information content (AvgIpc) is 2.49. The first-order valence-corrected chi connectivity index (χ1v) is 7.67. The fraction of sp³-hybridized carbons (Fsp3) is 0.562. The van der Waals surface area contributed by atoms with Gasteiger partial charge < -0.3 is 15.0 Å². The maximum atomic E-state index is 12.4. The van der Waals surface area contributed by atoms with E-state index < -0.39 is 6.61 Å². The largest absolute Gasteiger partial charge is 0.434 e. The standard InChI is InChI=1S/C16H22F2N2O2/c1-2-9-20-10-7-12(8-11-20)19-15(21)13-5-3-4-6-14(13)22-16(17)18/h3-6,12,16H,2,7-11H2,1H3,(H,19,21). The number of nitrogens with one attached hydrogen (secondary N) is 1. The number of para-hydroxylation sites is 1. The second-order valence-corrected chi connectivity index (χ2v) is 5.46. The van der Waals surface area contributed by atoms with Gasteiger partial charge in [-0.05, 0) is 37.9 Å². The number of halogens is 2. The van der Waals surface area contributed by atoms with Gasteiger partial charge in [0.05, 0.1) is 5.56 Å². The van der Waals surface area contributed by atoms with Gasteiger partial charge in [0, 0.05) is 19.1 Å². The average molecular weight is 312 g/mol. The molecule has 0 radical (unpaired) electrons. The molecule has 0 unspecified atom stereocenters. The Labute approximate surface area is 129 Å². The van der Waals surface area contributed by atoms with Gasteiger partial charge in [-0.2, -0.15) is 8.78 Å². The molecule has 1 N–H and O–H groups in total. The van der Waals surface area contributed by atoms with Crippen molar-refractivity contribution < 1.29 is 18.3 Å². The molecule has 1 aromatic rings. The zero-order valence-corrected chi connectivity index (χ0v) is 12.7. The molecule has 0 aliphatic carbocycles. The molecule has 2 rings (SSSR count). The number of hydrogen-bond acceptors (Lipinski definition) is 3. The molecule has 1 aromatic carbocycles. The summed E-state index contributed by atoms with van der Waals surface area (Å²) in [7, 11) is 0. The van der Waals surface area contributed by atoms with Crippen LogP contribution in [-0.4, -0.2) is 43.1 Å². The number of ether oxygens (including phenoxy) is 1. The summed E-state index contributed by atoms with van der Waals surface area (Å²) in [5.41, 5.74) is 0.152. The summed E-state index contributed by atoms with van der Waals surface area (Å²) in [6, 6.07) is 6.17. The van der Waals surface area contributed by atoms with Crippen LogP contribution >= 0.6 is 0 Å². The number of alkyl halides is 2. The summed E-state index contributed by atoms with van der Waals surface area (Å²) in [5, 5.41) is 2.92. The fourth-order valence-corrected chi connectivity index (χ4v) is 2.73. The van der Waals surface area contributed by atoms with Crippen LogP contribution in [0.25, 0.3) is 0 Å². The number of nitrogens with zero attached hydrogens (tertiary/aromatic N) is 1. The quantitative estimate of drug-likeness (QED) is 0.878. The fourth-order valence-electron chi connectivity index (χ4n) is 2.73. The highest BCUT2D eigenvalue weighted by Crippen LogP contribution is 2.21. The van der Waals surface area contributed by atoms with Crippen molar-refractivity contribution in [1.29, 1.82) is 0 Å². The van der Waals surface area contributed by atoms with Crippen molar-refractivity contribution in [2.45, 2.75) is 38.8 Å². The lowest BCUT2D eigenvalue weighted by Gasteiger charge is -2.32. The summed E-state index contributed by atoms with van der Waals surface area (Å²) >= 11 is 0. The molecule has 1 amide bonds. The van der Waals surface area contributed by atoms with Gasteiger partial charge in [0.25, 0.3) is 5.91 Å². The van der Waals surface area contributed by atoms with E-state index in [1.165, 1.54) is 12.1 Å². The number of benzene rings is 1. The molecule has 0 spiro atoms. The van der Waals surface area contributed by atoms with Crippen molar-refractivity contribution in [3.05, 3.63) is 29.8 Å². The van der Waals surface area contributed by atoms with Gasteiger partial charge in [0.2, 0.25) is 0 Å². The molecular formula is C16H22F2N2O2. The molecule has 0 saturated carbocycles. The van der Waals surface area contributed by atoms with Crippen LogP contribution < -0.4 is 10.1 Å². The first-order valence-electron chi connectivity index (χ1n) is 7.67. The van der Waals surface area contributed by atoms with Gasteiger partial charge in [-0.15, -0.1) is 0 Å². The molecule has 1 aliphatic rings. The molecule has 1 fully saturated rings. The van der Waals surface area contributed by atoms with Crippen LogP contribution in [-0.2, 0) is 0 Å². The molecule has 1 heterocycles. The van der Waals surface area contributed by atoms with Crippen LogP contribution in [0.15, 0.2) is 24.3 Å². The maximum Gasteiger partial charge on any atom is 0.387 e. The van der Waals surface area contributed by atoms with Crippen molar-refractivity contribution in [3.63, 3.8) is 0 Å². The van der Waals surface area contributed by atoms with E-state index in [9.17, 15) is 13.6 Å². The van der Waals surface area contributed by atoms with Crippen LogP contribution in [0.3, 0.4) is 0 Å². The number of hydrogen-bond donors (Lipinski definition) is 1. The van der Waals surface area contributed by atoms with Crippen molar-refractivity contribution in [3.8, 4) is 5.75 Å². The topological polar surface area (TPSA) is 41.6 Å². The van der Waals surface area contributed by atoms with Gasteiger partial charge in [0.1, 0.15) is 5.75 Å². The van der Waals surface area contributed by atoms with Gasteiger partial charge in [-0.25, -0.2) is 0 Å². The molecule has 1 saturated heterocycles. The number of carbonyl (C=O) groups is 1. The Balaban J connectivity index is 1.93. The Hall–Kier alpha value is -1.69. The normalized spacial score (nSPS) is 16.7. The number of likely N-dealkylation sites (tertiary alicyclic amines) is 1. The zero-order valence-electron chi connectivity index (χ0n) is 12.7. The Kier molecular flexibility index (Phi) is 6.12. The summed E-state index contributed by atoms with van der Waals surface area (Å²) < 4.78 is 29.2. The van der Waals surface area contributed by atoms with E-state index in [1.807, 2.05) is 0 Å². The smallest absolute Gasteiger partial charge is 0.387 e. The molecule has 122 valence electrons. The van der Waals surface area contributed by atoms with E-state index in [-0.39, 0.29) is 23.3 Å². The summed E-state index contributed by atoms with van der Waals surface area (Å²) in [6.07, 6.45) is 2.88. The molecule has 0 atom stereocenters. The van der Waals surface area contributed by atoms with E-state index in [4.69, 9.17) is 0 Å². The lowest BCUT2D eigenvalue weighted by molar-refractivity contribution is -0.0501. The van der Waals surface area contributed by atoms with E-state index in [0.29, 0.717) is 0 Å². The molecular weight excluding hydrogens is 290 g/mol. The first kappa shape index (κ1) is 16.7. The SMILES string of the molecule is CCCN1CCC(NC(=O)c2ccccc2OC(F)F)CC1. The van der Waals surface area contributed by atoms with E-state index in [1.54, 1.807) is 12.1 Å². The van der Waals surface area contributed by atoms with Crippen molar-refractivity contribution >= 4 is 5.91 Å². The van der Waals surface area contributed by atoms with E-state index >= 15 is 0 Å². The highest BCUT2D eigenvalue weighted by molar-refractivity contribution is 5.97. The minimum atomic E-state index is -2.94. The van der Waals surface area contributed by atoms with Gasteiger partial charge >= 0.3 is 6.61 Å². The summed E-state index contributed by atoms with van der Waals surface area (Å²) in [4.78, 5) is 14.6. The van der Waals surface area contributed by atoms with Gasteiger partial charge in [-0.1, -0.05) is 19.1 Å². The minimum absolute atomic E-state index is 0.0835. The number of rotatable bonds is 6. The van der Waals surface area contributed by atoms with Crippen LogP contribution in [0.2, 0.25) is 0 Å². The third kappa shape index (κ3) is 4.66. The Morgan fingerprint density at radius 1 is 1.36 bits per heavy atom. The van der Waals surface area contributed by atoms with Gasteiger partial charge in [0.15, 0.2) is 0 Å². The van der Waals surface area contributed by atoms with Crippen molar-refractivity contribution in [2.24, 2.45) is 0 Å². The highest BCUT2D eigenvalue weighted by atomic mass is 19.3. The third-order valence-corrected chi connectivity index (χ3v) is 3.81. The number of amides is 1. The zero-order chi connectivity index (χ0) is 15.9. The van der Waals surface area contributed by atoms with Crippen LogP contribution in [0, 0.1) is 0 Å². The number of carbonyl (C=O) groups excluding carboxylic acids is 1.